The maximum Gasteiger partial charge on any atom is 0.225 e. The molecule has 1 saturated heterocycles. The van der Waals surface area contributed by atoms with Crippen LogP contribution in [0.4, 0.5) is 5.82 Å². The van der Waals surface area contributed by atoms with Crippen molar-refractivity contribution in [3.05, 3.63) is 17.8 Å². The van der Waals surface area contributed by atoms with Gasteiger partial charge in [0.05, 0.1) is 10.2 Å². The lowest BCUT2D eigenvalue weighted by Gasteiger charge is -2.45. The van der Waals surface area contributed by atoms with Crippen LogP contribution in [0.1, 0.15) is 32.1 Å². The fourth-order valence-corrected chi connectivity index (χ4v) is 6.25. The zero-order valence-electron chi connectivity index (χ0n) is 15.6. The highest BCUT2D eigenvalue weighted by molar-refractivity contribution is 7.17. The van der Waals surface area contributed by atoms with Crippen molar-refractivity contribution < 1.29 is 4.79 Å². The Bertz CT molecular complexity index is 817. The predicted molar refractivity (Wildman–Crippen MR) is 108 cm³/mol. The minimum absolute atomic E-state index is 0.190. The molecular weight excluding hydrogens is 358 g/mol. The molecule has 6 nitrogen and oxygen atoms in total. The smallest absolute Gasteiger partial charge is 0.225 e. The van der Waals surface area contributed by atoms with Gasteiger partial charge in [0.2, 0.25) is 5.91 Å². The van der Waals surface area contributed by atoms with E-state index in [-0.39, 0.29) is 5.92 Å². The Morgan fingerprint density at radius 1 is 1.11 bits per heavy atom. The number of hydrogen-bond donors (Lipinski definition) is 1. The van der Waals surface area contributed by atoms with E-state index in [0.717, 1.165) is 55.1 Å². The molecule has 1 aliphatic heterocycles. The van der Waals surface area contributed by atoms with Gasteiger partial charge in [-0.2, -0.15) is 0 Å². The van der Waals surface area contributed by atoms with Crippen molar-refractivity contribution in [1.82, 2.24) is 14.9 Å². The second kappa shape index (κ2) is 7.02. The second-order valence-electron chi connectivity index (χ2n) is 8.34. The number of rotatable bonds is 2. The van der Waals surface area contributed by atoms with Crippen LogP contribution in [0.25, 0.3) is 10.2 Å². The summed E-state index contributed by atoms with van der Waals surface area (Å²) in [6.45, 7) is 3.25. The molecule has 5 rings (SSSR count). The maximum atomic E-state index is 13.1. The molecule has 2 bridgehead atoms. The molecule has 3 aliphatic rings. The van der Waals surface area contributed by atoms with Gasteiger partial charge in [-0.25, -0.2) is 9.97 Å². The maximum absolute atomic E-state index is 13.1. The summed E-state index contributed by atoms with van der Waals surface area (Å²) in [7, 11) is 0. The lowest BCUT2D eigenvalue weighted by atomic mass is 9.65. The van der Waals surface area contributed by atoms with Crippen LogP contribution in [-0.4, -0.2) is 53.0 Å². The van der Waals surface area contributed by atoms with Crippen LogP contribution in [0.2, 0.25) is 0 Å². The first-order valence-electron chi connectivity index (χ1n) is 10.2. The van der Waals surface area contributed by atoms with E-state index in [1.54, 1.807) is 17.7 Å². The third kappa shape index (κ3) is 3.10. The van der Waals surface area contributed by atoms with Gasteiger partial charge in [-0.1, -0.05) is 6.42 Å². The van der Waals surface area contributed by atoms with Gasteiger partial charge >= 0.3 is 0 Å². The van der Waals surface area contributed by atoms with Crippen LogP contribution in [-0.2, 0) is 4.79 Å². The lowest BCUT2D eigenvalue weighted by molar-refractivity contribution is -0.138. The fourth-order valence-electron chi connectivity index (χ4n) is 5.39. The van der Waals surface area contributed by atoms with Crippen LogP contribution < -0.4 is 10.6 Å². The van der Waals surface area contributed by atoms with E-state index >= 15 is 0 Å². The summed E-state index contributed by atoms with van der Waals surface area (Å²) in [6, 6.07) is 2.36. The molecule has 2 unspecified atom stereocenters. The molecule has 2 saturated carbocycles. The van der Waals surface area contributed by atoms with Crippen molar-refractivity contribution in [2.45, 2.75) is 38.1 Å². The van der Waals surface area contributed by atoms with E-state index in [1.807, 2.05) is 6.07 Å². The average molecular weight is 386 g/mol. The van der Waals surface area contributed by atoms with E-state index in [4.69, 9.17) is 5.73 Å². The Hall–Kier alpha value is -1.73. The summed E-state index contributed by atoms with van der Waals surface area (Å²) in [5, 5.41) is 2.06. The number of nitrogens with zero attached hydrogens (tertiary/aromatic N) is 4. The number of aromatic nitrogens is 2. The molecule has 1 amide bonds. The summed E-state index contributed by atoms with van der Waals surface area (Å²) in [5.41, 5.74) is 7.41. The highest BCUT2D eigenvalue weighted by atomic mass is 32.1. The molecular formula is C20H27N5OS. The summed E-state index contributed by atoms with van der Waals surface area (Å²) in [4.78, 5) is 26.4. The van der Waals surface area contributed by atoms with Crippen molar-refractivity contribution in [2.24, 2.45) is 23.5 Å². The van der Waals surface area contributed by atoms with E-state index in [2.05, 4.69) is 25.1 Å². The van der Waals surface area contributed by atoms with Crippen LogP contribution in [0.5, 0.6) is 0 Å². The molecule has 2 N–H and O–H groups in total. The SMILES string of the molecule is NC1C2CCCC1CC(C(=O)N1CCN(c3ncnc4ccsc34)CC1)C2. The third-order valence-corrected chi connectivity index (χ3v) is 7.78. The first-order valence-corrected chi connectivity index (χ1v) is 11.1. The van der Waals surface area contributed by atoms with Crippen molar-refractivity contribution in [1.29, 1.82) is 0 Å². The molecule has 7 heteroatoms. The zero-order valence-corrected chi connectivity index (χ0v) is 16.4. The Morgan fingerprint density at radius 2 is 1.85 bits per heavy atom. The van der Waals surface area contributed by atoms with E-state index in [0.29, 0.717) is 23.8 Å². The number of nitrogens with two attached hydrogens (primary N) is 1. The number of piperazine rings is 1. The van der Waals surface area contributed by atoms with Gasteiger partial charge in [0, 0.05) is 38.1 Å². The highest BCUT2D eigenvalue weighted by Gasteiger charge is 2.42. The Kier molecular flexibility index (Phi) is 4.52. The molecule has 3 heterocycles. The number of carbonyl (C=O) groups excluding carboxylic acids is 1. The second-order valence-corrected chi connectivity index (χ2v) is 9.26. The standard InChI is InChI=1S/C20H27N5OS/c21-17-13-2-1-3-14(17)11-15(10-13)20(26)25-7-5-24(6-8-25)19-18-16(4-9-27-18)22-12-23-19/h4,9,12-15,17H,1-3,5-8,10-11,21H2. The van der Waals surface area contributed by atoms with E-state index < -0.39 is 0 Å². The molecule has 144 valence electrons. The van der Waals surface area contributed by atoms with Crippen LogP contribution in [0, 0.1) is 17.8 Å². The highest BCUT2D eigenvalue weighted by Crippen LogP contribution is 2.42. The van der Waals surface area contributed by atoms with Gasteiger partial charge in [-0.15, -0.1) is 11.3 Å². The summed E-state index contributed by atoms with van der Waals surface area (Å²) >= 11 is 1.69. The summed E-state index contributed by atoms with van der Waals surface area (Å²) in [6.07, 6.45) is 7.35. The van der Waals surface area contributed by atoms with Gasteiger partial charge in [-0.05, 0) is 49.0 Å². The Labute approximate surface area is 163 Å². The van der Waals surface area contributed by atoms with Gasteiger partial charge < -0.3 is 15.5 Å². The number of carbonyl (C=O) groups is 1. The topological polar surface area (TPSA) is 75.4 Å². The Morgan fingerprint density at radius 3 is 2.59 bits per heavy atom. The number of hydrogen-bond acceptors (Lipinski definition) is 6. The molecule has 2 aromatic rings. The molecule has 0 radical (unpaired) electrons. The summed E-state index contributed by atoms with van der Waals surface area (Å²) in [5.74, 6) is 2.68. The number of amides is 1. The predicted octanol–water partition coefficient (Wildman–Crippen LogP) is 2.49. The first kappa shape index (κ1) is 17.4. The Balaban J connectivity index is 1.24. The minimum atomic E-state index is 0.190. The number of anilines is 1. The first-order chi connectivity index (χ1) is 13.2. The van der Waals surface area contributed by atoms with Crippen LogP contribution in [0.15, 0.2) is 17.8 Å². The monoisotopic (exact) mass is 385 g/mol. The molecule has 2 atom stereocenters. The van der Waals surface area contributed by atoms with Crippen LogP contribution >= 0.6 is 11.3 Å². The van der Waals surface area contributed by atoms with Crippen molar-refractivity contribution in [3.63, 3.8) is 0 Å². The van der Waals surface area contributed by atoms with Gasteiger partial charge in [0.25, 0.3) is 0 Å². The van der Waals surface area contributed by atoms with Crippen molar-refractivity contribution in [2.75, 3.05) is 31.1 Å². The molecule has 0 aromatic carbocycles. The summed E-state index contributed by atoms with van der Waals surface area (Å²) < 4.78 is 1.14. The quantitative estimate of drug-likeness (QED) is 0.860. The fraction of sp³-hybridized carbons (Fsp3) is 0.650. The average Bonchev–Trinajstić information content (AvgIpc) is 3.16. The molecule has 27 heavy (non-hydrogen) atoms. The normalized spacial score (nSPS) is 31.3. The van der Waals surface area contributed by atoms with Crippen molar-refractivity contribution >= 4 is 33.3 Å². The molecule has 2 aromatic heterocycles. The molecule has 2 aliphatic carbocycles. The van der Waals surface area contributed by atoms with Crippen molar-refractivity contribution in [3.8, 4) is 0 Å². The molecule has 0 spiro atoms. The van der Waals surface area contributed by atoms with Gasteiger partial charge in [-0.3, -0.25) is 4.79 Å². The van der Waals surface area contributed by atoms with E-state index in [9.17, 15) is 4.79 Å². The lowest BCUT2D eigenvalue weighted by Crippen LogP contribution is -2.53. The van der Waals surface area contributed by atoms with E-state index in [1.165, 1.54) is 19.3 Å². The van der Waals surface area contributed by atoms with Gasteiger partial charge in [0.1, 0.15) is 12.1 Å². The number of fused-ring (bicyclic) bond motifs is 3. The van der Waals surface area contributed by atoms with Crippen LogP contribution in [0.3, 0.4) is 0 Å². The molecule has 3 fully saturated rings. The van der Waals surface area contributed by atoms with Gasteiger partial charge in [0.15, 0.2) is 0 Å². The largest absolute Gasteiger partial charge is 0.352 e. The third-order valence-electron chi connectivity index (χ3n) is 6.88. The number of thiophene rings is 1. The zero-order chi connectivity index (χ0) is 18.4. The minimum Gasteiger partial charge on any atom is -0.352 e.